The van der Waals surface area contributed by atoms with Gasteiger partial charge in [-0.25, -0.2) is 8.42 Å². The van der Waals surface area contributed by atoms with E-state index in [1.807, 2.05) is 0 Å². The maximum Gasteiger partial charge on any atom is 0.289 e. The molecule has 1 fully saturated rings. The van der Waals surface area contributed by atoms with Crippen molar-refractivity contribution in [2.24, 2.45) is 5.92 Å². The molecule has 9 heteroatoms. The quantitative estimate of drug-likeness (QED) is 0.598. The van der Waals surface area contributed by atoms with Gasteiger partial charge >= 0.3 is 0 Å². The van der Waals surface area contributed by atoms with Gasteiger partial charge in [0.05, 0.1) is 10.9 Å². The predicted molar refractivity (Wildman–Crippen MR) is 104 cm³/mol. The maximum absolute atomic E-state index is 12.8. The number of nitrogens with one attached hydrogen (secondary N) is 3. The molecule has 2 amide bonds. The third-order valence-electron chi connectivity index (χ3n) is 4.60. The summed E-state index contributed by atoms with van der Waals surface area (Å²) in [4.78, 5) is 37.0. The molecule has 1 heterocycles. The number of hydrogen-bond donors (Lipinski definition) is 3. The van der Waals surface area contributed by atoms with Gasteiger partial charge in [-0.05, 0) is 30.9 Å². The summed E-state index contributed by atoms with van der Waals surface area (Å²) in [5, 5.41) is 5.11. The highest BCUT2D eigenvalue weighted by molar-refractivity contribution is 7.89. The van der Waals surface area contributed by atoms with Crippen LogP contribution >= 0.6 is 0 Å². The van der Waals surface area contributed by atoms with Crippen LogP contribution in [0.5, 0.6) is 0 Å². The highest BCUT2D eigenvalue weighted by Gasteiger charge is 2.33. The summed E-state index contributed by atoms with van der Waals surface area (Å²) < 4.78 is 27.6. The summed E-state index contributed by atoms with van der Waals surface area (Å²) >= 11 is 0. The summed E-state index contributed by atoms with van der Waals surface area (Å²) in [7, 11) is -3.91. The van der Waals surface area contributed by atoms with Crippen molar-refractivity contribution >= 4 is 27.6 Å². The van der Waals surface area contributed by atoms with Crippen LogP contribution in [0.25, 0.3) is 0 Å². The molecular formula is C19H27N3O5S. The largest absolute Gasteiger partial charge is 0.349 e. The van der Waals surface area contributed by atoms with Gasteiger partial charge in [-0.15, -0.1) is 0 Å². The topological polar surface area (TPSA) is 121 Å². The van der Waals surface area contributed by atoms with Gasteiger partial charge in [0.25, 0.3) is 5.91 Å². The number of rotatable bonds is 6. The Labute approximate surface area is 165 Å². The molecular weight excluding hydrogens is 382 g/mol. The van der Waals surface area contributed by atoms with E-state index < -0.39 is 39.7 Å². The standard InChI is InChI=1S/C19H27N3O5S/c1-13(2)16(22-28(26,27)14-9-5-3-6-10-14)18(24)21-15-11-7-4-8-12-20-19(25)17(15)23/h3,5-6,9-10,13,15-16,22H,4,7-8,11-12H2,1-2H3,(H,20,25)(H,21,24). The molecule has 2 unspecified atom stereocenters. The zero-order valence-electron chi connectivity index (χ0n) is 16.1. The van der Waals surface area contributed by atoms with E-state index in [2.05, 4.69) is 15.4 Å². The highest BCUT2D eigenvalue weighted by atomic mass is 32.2. The van der Waals surface area contributed by atoms with Crippen molar-refractivity contribution in [3.63, 3.8) is 0 Å². The summed E-state index contributed by atoms with van der Waals surface area (Å²) in [6.07, 6.45) is 2.63. The zero-order valence-corrected chi connectivity index (χ0v) is 16.9. The second-order valence-corrected chi connectivity index (χ2v) is 8.90. The Balaban J connectivity index is 2.15. The molecule has 0 aromatic heterocycles. The van der Waals surface area contributed by atoms with Crippen molar-refractivity contribution in [2.45, 2.75) is 56.5 Å². The Morgan fingerprint density at radius 3 is 2.43 bits per heavy atom. The van der Waals surface area contributed by atoms with Crippen LogP contribution in [-0.4, -0.2) is 44.6 Å². The summed E-state index contributed by atoms with van der Waals surface area (Å²) in [6, 6.07) is 5.70. The van der Waals surface area contributed by atoms with Crippen molar-refractivity contribution in [1.29, 1.82) is 0 Å². The van der Waals surface area contributed by atoms with E-state index in [0.717, 1.165) is 12.8 Å². The molecule has 1 aromatic carbocycles. The molecule has 0 bridgehead atoms. The molecule has 1 aliphatic rings. The lowest BCUT2D eigenvalue weighted by Crippen LogP contribution is -2.55. The Bertz CT molecular complexity index is 808. The van der Waals surface area contributed by atoms with Gasteiger partial charge in [-0.2, -0.15) is 4.72 Å². The molecule has 3 N–H and O–H groups in total. The molecule has 8 nitrogen and oxygen atoms in total. The van der Waals surface area contributed by atoms with E-state index >= 15 is 0 Å². The number of sulfonamides is 1. The number of carbonyl (C=O) groups excluding carboxylic acids is 3. The molecule has 0 saturated carbocycles. The van der Waals surface area contributed by atoms with Crippen molar-refractivity contribution in [1.82, 2.24) is 15.4 Å². The van der Waals surface area contributed by atoms with Crippen LogP contribution in [0.4, 0.5) is 0 Å². The molecule has 0 spiro atoms. The van der Waals surface area contributed by atoms with Crippen LogP contribution in [0.1, 0.15) is 39.5 Å². The van der Waals surface area contributed by atoms with Gasteiger partial charge < -0.3 is 10.6 Å². The van der Waals surface area contributed by atoms with Gasteiger partial charge in [-0.3, -0.25) is 14.4 Å². The minimum Gasteiger partial charge on any atom is -0.349 e. The molecule has 28 heavy (non-hydrogen) atoms. The number of benzene rings is 1. The average Bonchev–Trinajstić information content (AvgIpc) is 2.73. The first kappa shape index (κ1) is 22.0. The van der Waals surface area contributed by atoms with Crippen molar-refractivity contribution < 1.29 is 22.8 Å². The Morgan fingerprint density at radius 2 is 1.79 bits per heavy atom. The van der Waals surface area contributed by atoms with E-state index in [1.54, 1.807) is 32.0 Å². The maximum atomic E-state index is 12.8. The molecule has 154 valence electrons. The lowest BCUT2D eigenvalue weighted by Gasteiger charge is -2.24. The summed E-state index contributed by atoms with van der Waals surface area (Å²) in [6.45, 7) is 3.83. The average molecular weight is 410 g/mol. The minimum absolute atomic E-state index is 0.0475. The van der Waals surface area contributed by atoms with Crippen molar-refractivity contribution in [2.75, 3.05) is 6.54 Å². The Hall–Kier alpha value is -2.26. The first-order valence-corrected chi connectivity index (χ1v) is 10.9. The zero-order chi connectivity index (χ0) is 20.7. The number of carbonyl (C=O) groups is 3. The van der Waals surface area contributed by atoms with Gasteiger partial charge in [0.2, 0.25) is 21.7 Å². The van der Waals surface area contributed by atoms with E-state index in [9.17, 15) is 22.8 Å². The number of amides is 2. The summed E-state index contributed by atoms with van der Waals surface area (Å²) in [5.74, 6) is -2.42. The molecule has 1 aliphatic heterocycles. The molecule has 0 aliphatic carbocycles. The SMILES string of the molecule is CC(C)C(NS(=O)(=O)c1ccccc1)C(=O)NC1CCCCCNC(=O)C1=O. The van der Waals surface area contributed by atoms with Crippen LogP contribution in [-0.2, 0) is 24.4 Å². The minimum atomic E-state index is -3.91. The third kappa shape index (κ3) is 5.87. The number of Topliss-reactive ketones (excluding diaryl/α,β-unsaturated/α-hetero) is 1. The van der Waals surface area contributed by atoms with Crippen molar-refractivity contribution in [3.05, 3.63) is 30.3 Å². The van der Waals surface area contributed by atoms with Gasteiger partial charge in [-0.1, -0.05) is 44.9 Å². The molecule has 1 aromatic rings. The fourth-order valence-corrected chi connectivity index (χ4v) is 4.32. The van der Waals surface area contributed by atoms with E-state index in [-0.39, 0.29) is 10.8 Å². The second kappa shape index (κ2) is 9.79. The monoisotopic (exact) mass is 409 g/mol. The van der Waals surface area contributed by atoms with Crippen LogP contribution in [0.15, 0.2) is 35.2 Å². The summed E-state index contributed by atoms with van der Waals surface area (Å²) in [5.41, 5.74) is 0. The van der Waals surface area contributed by atoms with E-state index in [1.165, 1.54) is 12.1 Å². The Kier molecular flexibility index (Phi) is 7.70. The number of ketones is 1. The van der Waals surface area contributed by atoms with Crippen LogP contribution in [0.2, 0.25) is 0 Å². The van der Waals surface area contributed by atoms with Crippen LogP contribution < -0.4 is 15.4 Å². The van der Waals surface area contributed by atoms with Crippen LogP contribution in [0.3, 0.4) is 0 Å². The predicted octanol–water partition coefficient (Wildman–Crippen LogP) is 0.734. The fraction of sp³-hybridized carbons (Fsp3) is 0.526. The number of hydrogen-bond acceptors (Lipinski definition) is 5. The van der Waals surface area contributed by atoms with Gasteiger partial charge in [0.1, 0.15) is 6.04 Å². The smallest absolute Gasteiger partial charge is 0.289 e. The molecule has 0 radical (unpaired) electrons. The van der Waals surface area contributed by atoms with E-state index in [4.69, 9.17) is 0 Å². The Morgan fingerprint density at radius 1 is 1.11 bits per heavy atom. The normalized spacial score (nSPS) is 19.9. The highest BCUT2D eigenvalue weighted by Crippen LogP contribution is 2.13. The lowest BCUT2D eigenvalue weighted by atomic mass is 10.0. The molecule has 2 atom stereocenters. The van der Waals surface area contributed by atoms with Gasteiger partial charge in [0, 0.05) is 6.54 Å². The molecule has 1 saturated heterocycles. The van der Waals surface area contributed by atoms with Crippen molar-refractivity contribution in [3.8, 4) is 0 Å². The van der Waals surface area contributed by atoms with Gasteiger partial charge in [0.15, 0.2) is 0 Å². The second-order valence-electron chi connectivity index (χ2n) is 7.19. The third-order valence-corrected chi connectivity index (χ3v) is 6.05. The van der Waals surface area contributed by atoms with E-state index in [0.29, 0.717) is 19.4 Å². The van der Waals surface area contributed by atoms with Crippen LogP contribution in [0, 0.1) is 5.92 Å². The fourth-order valence-electron chi connectivity index (χ4n) is 2.96. The first-order valence-electron chi connectivity index (χ1n) is 9.42. The molecule has 2 rings (SSSR count). The first-order chi connectivity index (χ1) is 13.2. The lowest BCUT2D eigenvalue weighted by molar-refractivity contribution is -0.140.